The largest absolute Gasteiger partial charge is 0.381 e. The molecule has 0 spiro atoms. The number of anilines is 1. The van der Waals surface area contributed by atoms with Crippen LogP contribution in [0.25, 0.3) is 0 Å². The number of nitrogens with zero attached hydrogens (tertiary/aromatic N) is 3. The summed E-state index contributed by atoms with van der Waals surface area (Å²) in [5, 5.41) is 7.37. The highest BCUT2D eigenvalue weighted by Crippen LogP contribution is 2.20. The summed E-state index contributed by atoms with van der Waals surface area (Å²) in [6.45, 7) is 3.25. The summed E-state index contributed by atoms with van der Waals surface area (Å²) < 4.78 is 7.15. The van der Waals surface area contributed by atoms with Crippen molar-refractivity contribution in [2.45, 2.75) is 37.8 Å². The first-order valence-electron chi connectivity index (χ1n) is 8.51. The van der Waals surface area contributed by atoms with Gasteiger partial charge in [-0.2, -0.15) is 5.10 Å². The highest BCUT2D eigenvalue weighted by atomic mass is 35.5. The summed E-state index contributed by atoms with van der Waals surface area (Å²) in [6, 6.07) is -0.269. The number of ether oxygens (including phenoxy) is 1. The summed E-state index contributed by atoms with van der Waals surface area (Å²) in [5.74, 6) is 0.219. The second-order valence-corrected chi connectivity index (χ2v) is 6.64. The summed E-state index contributed by atoms with van der Waals surface area (Å²) in [4.78, 5) is 14.7. The summed E-state index contributed by atoms with van der Waals surface area (Å²) in [7, 11) is 1.92. The zero-order chi connectivity index (χ0) is 16.2. The fourth-order valence-corrected chi connectivity index (χ4v) is 3.49. The van der Waals surface area contributed by atoms with Crippen LogP contribution in [0.3, 0.4) is 0 Å². The molecular weight excluding hydrogens is 365 g/mol. The topological polar surface area (TPSA) is 85.4 Å². The average Bonchev–Trinajstić information content (AvgIpc) is 3.02. The van der Waals surface area contributed by atoms with Gasteiger partial charge < -0.3 is 20.7 Å². The molecule has 0 aliphatic carbocycles. The normalized spacial score (nSPS) is 22.5. The van der Waals surface area contributed by atoms with E-state index in [1.165, 1.54) is 0 Å². The van der Waals surface area contributed by atoms with E-state index in [1.807, 2.05) is 19.4 Å². The molecule has 3 N–H and O–H groups in total. The van der Waals surface area contributed by atoms with Crippen LogP contribution in [0, 0.1) is 5.92 Å². The zero-order valence-electron chi connectivity index (χ0n) is 14.6. The van der Waals surface area contributed by atoms with Crippen LogP contribution in [-0.4, -0.2) is 54.1 Å². The minimum Gasteiger partial charge on any atom is -0.381 e. The molecule has 3 rings (SSSR count). The van der Waals surface area contributed by atoms with Gasteiger partial charge in [-0.3, -0.25) is 9.48 Å². The number of rotatable bonds is 4. The lowest BCUT2D eigenvalue weighted by molar-refractivity contribution is -0.125. The van der Waals surface area contributed by atoms with Crippen LogP contribution in [-0.2, 0) is 16.6 Å². The molecule has 2 atom stereocenters. The minimum absolute atomic E-state index is 0. The van der Waals surface area contributed by atoms with E-state index in [1.54, 1.807) is 4.68 Å². The van der Waals surface area contributed by atoms with Gasteiger partial charge in [0.15, 0.2) is 0 Å². The first-order valence-corrected chi connectivity index (χ1v) is 8.51. The third kappa shape index (κ3) is 5.74. The third-order valence-corrected chi connectivity index (χ3v) is 4.90. The smallest absolute Gasteiger partial charge is 0.237 e. The Balaban J connectivity index is 0.00000156. The first-order chi connectivity index (χ1) is 11.1. The molecule has 25 heavy (non-hydrogen) atoms. The molecular formula is C16H29Cl2N5O2. The number of halogens is 2. The van der Waals surface area contributed by atoms with Crippen molar-refractivity contribution in [3.05, 3.63) is 12.4 Å². The van der Waals surface area contributed by atoms with E-state index in [-0.39, 0.29) is 42.7 Å². The number of hydrogen-bond acceptors (Lipinski definition) is 5. The second kappa shape index (κ2) is 10.2. The van der Waals surface area contributed by atoms with Gasteiger partial charge in [0.05, 0.1) is 17.9 Å². The molecule has 2 aliphatic rings. The fraction of sp³-hybridized carbons (Fsp3) is 0.750. The van der Waals surface area contributed by atoms with Crippen molar-refractivity contribution in [1.82, 2.24) is 15.1 Å². The van der Waals surface area contributed by atoms with Gasteiger partial charge in [0.25, 0.3) is 0 Å². The van der Waals surface area contributed by atoms with E-state index in [0.29, 0.717) is 13.2 Å². The Labute approximate surface area is 161 Å². The zero-order valence-corrected chi connectivity index (χ0v) is 16.2. The van der Waals surface area contributed by atoms with Gasteiger partial charge in [0.2, 0.25) is 5.91 Å². The maximum atomic E-state index is 12.4. The Hall–Kier alpha value is -1.02. The van der Waals surface area contributed by atoms with Gasteiger partial charge in [0.1, 0.15) is 0 Å². The molecule has 1 aromatic heterocycles. The molecule has 0 saturated carbocycles. The van der Waals surface area contributed by atoms with E-state index in [0.717, 1.165) is 44.5 Å². The highest BCUT2D eigenvalue weighted by Gasteiger charge is 2.29. The number of carbonyl (C=O) groups excluding carboxylic acids is 1. The van der Waals surface area contributed by atoms with Crippen molar-refractivity contribution in [3.63, 3.8) is 0 Å². The third-order valence-electron chi connectivity index (χ3n) is 4.90. The van der Waals surface area contributed by atoms with Crippen molar-refractivity contribution < 1.29 is 9.53 Å². The molecule has 2 aliphatic heterocycles. The van der Waals surface area contributed by atoms with Crippen molar-refractivity contribution in [2.24, 2.45) is 18.7 Å². The Bertz CT molecular complexity index is 536. The fourth-order valence-electron chi connectivity index (χ4n) is 3.49. The molecule has 2 saturated heterocycles. The highest BCUT2D eigenvalue weighted by molar-refractivity contribution is 5.85. The van der Waals surface area contributed by atoms with Crippen molar-refractivity contribution in [3.8, 4) is 0 Å². The lowest BCUT2D eigenvalue weighted by Gasteiger charge is -2.35. The van der Waals surface area contributed by atoms with Crippen molar-refractivity contribution >= 4 is 36.4 Å². The van der Waals surface area contributed by atoms with Gasteiger partial charge in [-0.15, -0.1) is 24.8 Å². The Morgan fingerprint density at radius 3 is 2.72 bits per heavy atom. The first kappa shape index (κ1) is 22.0. The standard InChI is InChI=1S/C16H27N5O2.2ClH/c1-20-11-14(9-18-20)21-6-2-3-13(10-21)19-16(22)15(17)12-4-7-23-8-5-12;;/h9,11-13,15H,2-8,10,17H2,1H3,(H,19,22);2*1H. The Morgan fingerprint density at radius 2 is 2.08 bits per heavy atom. The molecule has 2 fully saturated rings. The van der Waals surface area contributed by atoms with Crippen LogP contribution in [0.5, 0.6) is 0 Å². The van der Waals surface area contributed by atoms with E-state index < -0.39 is 6.04 Å². The van der Waals surface area contributed by atoms with Crippen LogP contribution in [0.15, 0.2) is 12.4 Å². The minimum atomic E-state index is -0.423. The molecule has 9 heteroatoms. The van der Waals surface area contributed by atoms with Gasteiger partial charge in [-0.05, 0) is 31.6 Å². The maximum absolute atomic E-state index is 12.4. The molecule has 1 amide bonds. The van der Waals surface area contributed by atoms with E-state index in [4.69, 9.17) is 10.5 Å². The SMILES string of the molecule is Cl.Cl.Cn1cc(N2CCCC(NC(=O)C(N)C3CCOCC3)C2)cn1. The second-order valence-electron chi connectivity index (χ2n) is 6.64. The predicted octanol–water partition coefficient (Wildman–Crippen LogP) is 1.10. The summed E-state index contributed by atoms with van der Waals surface area (Å²) in [6.07, 6.45) is 7.70. The Morgan fingerprint density at radius 1 is 1.36 bits per heavy atom. The molecule has 2 unspecified atom stereocenters. The van der Waals surface area contributed by atoms with Crippen LogP contribution in [0.2, 0.25) is 0 Å². The van der Waals surface area contributed by atoms with Crippen LogP contribution < -0.4 is 16.0 Å². The monoisotopic (exact) mass is 393 g/mol. The van der Waals surface area contributed by atoms with Gasteiger partial charge >= 0.3 is 0 Å². The van der Waals surface area contributed by atoms with E-state index >= 15 is 0 Å². The summed E-state index contributed by atoms with van der Waals surface area (Å²) >= 11 is 0. The molecule has 3 heterocycles. The molecule has 144 valence electrons. The van der Waals surface area contributed by atoms with Gasteiger partial charge in [0, 0.05) is 45.6 Å². The van der Waals surface area contributed by atoms with Crippen LogP contribution in [0.4, 0.5) is 5.69 Å². The number of aromatic nitrogens is 2. The molecule has 7 nitrogen and oxygen atoms in total. The number of nitrogens with two attached hydrogens (primary N) is 1. The van der Waals surface area contributed by atoms with Crippen LogP contribution >= 0.6 is 24.8 Å². The van der Waals surface area contributed by atoms with Crippen LogP contribution in [0.1, 0.15) is 25.7 Å². The average molecular weight is 394 g/mol. The lowest BCUT2D eigenvalue weighted by Crippen LogP contribution is -2.54. The number of nitrogens with one attached hydrogen (secondary N) is 1. The van der Waals surface area contributed by atoms with Gasteiger partial charge in [-0.1, -0.05) is 0 Å². The van der Waals surface area contributed by atoms with E-state index in [9.17, 15) is 4.79 Å². The summed E-state index contributed by atoms with van der Waals surface area (Å²) in [5.41, 5.74) is 7.27. The lowest BCUT2D eigenvalue weighted by atomic mass is 9.91. The molecule has 0 radical (unpaired) electrons. The van der Waals surface area contributed by atoms with Gasteiger partial charge in [-0.25, -0.2) is 0 Å². The Kier molecular flexibility index (Phi) is 8.99. The van der Waals surface area contributed by atoms with Crippen molar-refractivity contribution in [1.29, 1.82) is 0 Å². The molecule has 1 aromatic rings. The number of aryl methyl sites for hydroxylation is 1. The number of carbonyl (C=O) groups is 1. The number of amides is 1. The van der Waals surface area contributed by atoms with Crippen molar-refractivity contribution in [2.75, 3.05) is 31.2 Å². The molecule has 0 bridgehead atoms. The quantitative estimate of drug-likeness (QED) is 0.799. The van der Waals surface area contributed by atoms with E-state index in [2.05, 4.69) is 15.3 Å². The maximum Gasteiger partial charge on any atom is 0.237 e. The molecule has 0 aromatic carbocycles. The number of piperidine rings is 1. The number of hydrogen-bond donors (Lipinski definition) is 2. The predicted molar refractivity (Wildman–Crippen MR) is 103 cm³/mol.